The van der Waals surface area contributed by atoms with E-state index in [2.05, 4.69) is 10.2 Å². The average Bonchev–Trinajstić information content (AvgIpc) is 2.39. The van der Waals surface area contributed by atoms with Gasteiger partial charge < -0.3 is 11.5 Å². The SMILES string of the molecule is NC(N)=NN=CC1CCCC1. The lowest BCUT2D eigenvalue weighted by molar-refractivity contribution is 0.741. The van der Waals surface area contributed by atoms with Crippen molar-refractivity contribution in [1.29, 1.82) is 0 Å². The summed E-state index contributed by atoms with van der Waals surface area (Å²) in [5.41, 5.74) is 10.2. The van der Waals surface area contributed by atoms with E-state index in [1.54, 1.807) is 0 Å². The maximum absolute atomic E-state index is 5.09. The first-order valence-corrected chi connectivity index (χ1v) is 3.91. The predicted molar refractivity (Wildman–Crippen MR) is 46.3 cm³/mol. The topological polar surface area (TPSA) is 76.8 Å². The van der Waals surface area contributed by atoms with E-state index < -0.39 is 0 Å². The molecule has 0 aromatic carbocycles. The van der Waals surface area contributed by atoms with Gasteiger partial charge in [-0.25, -0.2) is 0 Å². The Balaban J connectivity index is 2.28. The highest BCUT2D eigenvalue weighted by molar-refractivity contribution is 5.76. The van der Waals surface area contributed by atoms with Crippen molar-refractivity contribution >= 4 is 12.2 Å². The van der Waals surface area contributed by atoms with E-state index in [1.165, 1.54) is 25.7 Å². The van der Waals surface area contributed by atoms with E-state index in [4.69, 9.17) is 11.5 Å². The third-order valence-corrected chi connectivity index (χ3v) is 1.85. The van der Waals surface area contributed by atoms with E-state index in [1.807, 2.05) is 6.21 Å². The number of nitrogens with zero attached hydrogens (tertiary/aromatic N) is 2. The third kappa shape index (κ3) is 3.02. The van der Waals surface area contributed by atoms with Crippen molar-refractivity contribution in [2.24, 2.45) is 27.6 Å². The molecule has 11 heavy (non-hydrogen) atoms. The highest BCUT2D eigenvalue weighted by atomic mass is 15.3. The fourth-order valence-corrected chi connectivity index (χ4v) is 1.30. The smallest absolute Gasteiger partial charge is 0.211 e. The normalized spacial score (nSPS) is 19.3. The van der Waals surface area contributed by atoms with Gasteiger partial charge in [0.05, 0.1) is 0 Å². The van der Waals surface area contributed by atoms with Gasteiger partial charge in [-0.15, -0.1) is 5.10 Å². The molecule has 62 valence electrons. The van der Waals surface area contributed by atoms with Crippen molar-refractivity contribution in [2.45, 2.75) is 25.7 Å². The van der Waals surface area contributed by atoms with Gasteiger partial charge in [0.25, 0.3) is 0 Å². The number of guanidine groups is 1. The summed E-state index contributed by atoms with van der Waals surface area (Å²) in [6, 6.07) is 0. The van der Waals surface area contributed by atoms with Crippen LogP contribution in [-0.2, 0) is 0 Å². The van der Waals surface area contributed by atoms with E-state index in [0.717, 1.165) is 0 Å². The van der Waals surface area contributed by atoms with Gasteiger partial charge in [-0.1, -0.05) is 12.8 Å². The minimum absolute atomic E-state index is 0.0271. The molecule has 0 radical (unpaired) electrons. The van der Waals surface area contributed by atoms with Gasteiger partial charge in [0.15, 0.2) is 0 Å². The van der Waals surface area contributed by atoms with Crippen LogP contribution in [0.25, 0.3) is 0 Å². The van der Waals surface area contributed by atoms with Crippen LogP contribution in [0.15, 0.2) is 10.2 Å². The summed E-state index contributed by atoms with van der Waals surface area (Å²) in [7, 11) is 0. The van der Waals surface area contributed by atoms with Gasteiger partial charge in [0.1, 0.15) is 0 Å². The van der Waals surface area contributed by atoms with Gasteiger partial charge in [-0.05, 0) is 18.8 Å². The zero-order valence-corrected chi connectivity index (χ0v) is 6.53. The molecule has 4 heteroatoms. The zero-order valence-electron chi connectivity index (χ0n) is 6.53. The summed E-state index contributed by atoms with van der Waals surface area (Å²) in [6.07, 6.45) is 6.90. The third-order valence-electron chi connectivity index (χ3n) is 1.85. The van der Waals surface area contributed by atoms with E-state index in [9.17, 15) is 0 Å². The minimum atomic E-state index is 0.0271. The highest BCUT2D eigenvalue weighted by Crippen LogP contribution is 2.22. The second-order valence-electron chi connectivity index (χ2n) is 2.83. The molecule has 0 aromatic heterocycles. The molecule has 4 N–H and O–H groups in total. The van der Waals surface area contributed by atoms with Crippen LogP contribution in [0.1, 0.15) is 25.7 Å². The van der Waals surface area contributed by atoms with Crippen LogP contribution >= 0.6 is 0 Å². The lowest BCUT2D eigenvalue weighted by Gasteiger charge is -1.95. The molecular weight excluding hydrogens is 140 g/mol. The van der Waals surface area contributed by atoms with Crippen LogP contribution in [-0.4, -0.2) is 12.2 Å². The van der Waals surface area contributed by atoms with Gasteiger partial charge in [-0.3, -0.25) is 0 Å². The Kier molecular flexibility index (Phi) is 2.89. The Bertz CT molecular complexity index is 163. The van der Waals surface area contributed by atoms with Crippen molar-refractivity contribution in [3.63, 3.8) is 0 Å². The quantitative estimate of drug-likeness (QED) is 0.344. The van der Waals surface area contributed by atoms with Crippen LogP contribution in [0.5, 0.6) is 0 Å². The maximum atomic E-state index is 5.09. The van der Waals surface area contributed by atoms with E-state index in [0.29, 0.717) is 5.92 Å². The van der Waals surface area contributed by atoms with Crippen LogP contribution in [0.4, 0.5) is 0 Å². The number of nitrogens with two attached hydrogens (primary N) is 2. The molecule has 4 nitrogen and oxygen atoms in total. The summed E-state index contributed by atoms with van der Waals surface area (Å²) in [5, 5.41) is 7.30. The average molecular weight is 154 g/mol. The molecule has 1 aliphatic rings. The summed E-state index contributed by atoms with van der Waals surface area (Å²) >= 11 is 0. The Morgan fingerprint density at radius 2 is 1.91 bits per heavy atom. The molecule has 0 saturated heterocycles. The molecule has 0 unspecified atom stereocenters. The van der Waals surface area contributed by atoms with Crippen LogP contribution in [0.2, 0.25) is 0 Å². The molecule has 0 spiro atoms. The lowest BCUT2D eigenvalue weighted by Crippen LogP contribution is -2.21. The van der Waals surface area contributed by atoms with E-state index in [-0.39, 0.29) is 5.96 Å². The van der Waals surface area contributed by atoms with Crippen LogP contribution in [0.3, 0.4) is 0 Å². The summed E-state index contributed by atoms with van der Waals surface area (Å²) in [5.74, 6) is 0.623. The fraction of sp³-hybridized carbons (Fsp3) is 0.714. The molecule has 1 rings (SSSR count). The number of hydrogen-bond acceptors (Lipinski definition) is 2. The van der Waals surface area contributed by atoms with Crippen LogP contribution < -0.4 is 11.5 Å². The van der Waals surface area contributed by atoms with E-state index >= 15 is 0 Å². The second-order valence-corrected chi connectivity index (χ2v) is 2.83. The van der Waals surface area contributed by atoms with Crippen molar-refractivity contribution < 1.29 is 0 Å². The second kappa shape index (κ2) is 3.95. The molecule has 1 aliphatic carbocycles. The molecule has 0 amide bonds. The summed E-state index contributed by atoms with van der Waals surface area (Å²) in [6.45, 7) is 0. The largest absolute Gasteiger partial charge is 0.369 e. The maximum Gasteiger partial charge on any atom is 0.211 e. The molecule has 0 aliphatic heterocycles. The Labute approximate surface area is 66.4 Å². The van der Waals surface area contributed by atoms with Gasteiger partial charge in [0, 0.05) is 6.21 Å². The van der Waals surface area contributed by atoms with Gasteiger partial charge in [-0.2, -0.15) is 5.10 Å². The molecule has 0 atom stereocenters. The number of hydrogen-bond donors (Lipinski definition) is 2. The Morgan fingerprint density at radius 1 is 1.27 bits per heavy atom. The Hall–Kier alpha value is -1.06. The molecule has 1 saturated carbocycles. The van der Waals surface area contributed by atoms with Crippen molar-refractivity contribution in [1.82, 2.24) is 0 Å². The Morgan fingerprint density at radius 3 is 2.45 bits per heavy atom. The molecule has 0 aromatic rings. The first-order chi connectivity index (χ1) is 5.29. The lowest BCUT2D eigenvalue weighted by atomic mass is 10.1. The molecule has 1 fully saturated rings. The standard InChI is InChI=1S/C7H14N4/c8-7(9)11-10-5-6-3-1-2-4-6/h5-6H,1-4H2,(H4,8,9,11). The summed E-state index contributed by atoms with van der Waals surface area (Å²) < 4.78 is 0. The molecule has 0 heterocycles. The first kappa shape index (κ1) is 8.04. The van der Waals surface area contributed by atoms with Crippen molar-refractivity contribution in [3.05, 3.63) is 0 Å². The van der Waals surface area contributed by atoms with Gasteiger partial charge in [0.2, 0.25) is 5.96 Å². The minimum Gasteiger partial charge on any atom is -0.369 e. The molecular formula is C7H14N4. The fourth-order valence-electron chi connectivity index (χ4n) is 1.30. The summed E-state index contributed by atoms with van der Waals surface area (Å²) in [4.78, 5) is 0. The monoisotopic (exact) mass is 154 g/mol. The van der Waals surface area contributed by atoms with Crippen molar-refractivity contribution in [3.8, 4) is 0 Å². The first-order valence-electron chi connectivity index (χ1n) is 3.91. The van der Waals surface area contributed by atoms with Gasteiger partial charge >= 0.3 is 0 Å². The molecule has 0 bridgehead atoms. The zero-order chi connectivity index (χ0) is 8.10. The number of rotatable bonds is 2. The highest BCUT2D eigenvalue weighted by Gasteiger charge is 2.11. The predicted octanol–water partition coefficient (Wildman–Crippen LogP) is 0.436. The van der Waals surface area contributed by atoms with Crippen LogP contribution in [0, 0.1) is 5.92 Å². The van der Waals surface area contributed by atoms with Crippen molar-refractivity contribution in [2.75, 3.05) is 0 Å².